The van der Waals surface area contributed by atoms with Crippen LogP contribution in [0.3, 0.4) is 0 Å². The topological polar surface area (TPSA) is 41.9 Å². The van der Waals surface area contributed by atoms with Crippen LogP contribution in [0, 0.1) is 0 Å². The van der Waals surface area contributed by atoms with Crippen LogP contribution < -0.4 is 9.47 Å². The zero-order chi connectivity index (χ0) is 23.1. The van der Waals surface area contributed by atoms with Crippen LogP contribution in [0.15, 0.2) is 66.7 Å². The number of thiophene rings is 1. The van der Waals surface area contributed by atoms with Crippen molar-refractivity contribution in [2.24, 2.45) is 0 Å². The van der Waals surface area contributed by atoms with Gasteiger partial charge >= 0.3 is 0 Å². The molecule has 174 valence electrons. The van der Waals surface area contributed by atoms with Crippen molar-refractivity contribution in [1.82, 2.24) is 4.90 Å². The van der Waals surface area contributed by atoms with Gasteiger partial charge in [-0.3, -0.25) is 4.90 Å². The number of methoxy groups -OCH3 is 1. The summed E-state index contributed by atoms with van der Waals surface area (Å²) in [5, 5.41) is 13.4. The number of nitrogens with zero attached hydrogens (tertiary/aromatic N) is 1. The summed E-state index contributed by atoms with van der Waals surface area (Å²) in [5.41, 5.74) is 2.66. The van der Waals surface area contributed by atoms with E-state index in [1.807, 2.05) is 48.5 Å². The molecule has 1 aliphatic heterocycles. The summed E-state index contributed by atoms with van der Waals surface area (Å²) in [6.45, 7) is 4.01. The number of rotatable bonds is 6. The van der Waals surface area contributed by atoms with Crippen LogP contribution in [0.4, 0.5) is 0 Å². The second-order valence-corrected chi connectivity index (χ2v) is 10.3. The van der Waals surface area contributed by atoms with Crippen molar-refractivity contribution in [1.29, 1.82) is 0 Å². The SMILES string of the molecule is COc1ccc2c3c(sc2c1)-c1ccccc1C3(O)c1ccc(OCCN2CCCCC2)cc1. The zero-order valence-corrected chi connectivity index (χ0v) is 20.2. The van der Waals surface area contributed by atoms with Gasteiger partial charge in [-0.25, -0.2) is 0 Å². The summed E-state index contributed by atoms with van der Waals surface area (Å²) in [7, 11) is 1.68. The number of aliphatic hydroxyl groups is 1. The zero-order valence-electron chi connectivity index (χ0n) is 19.4. The predicted molar refractivity (Wildman–Crippen MR) is 138 cm³/mol. The Morgan fingerprint density at radius 1 is 0.941 bits per heavy atom. The summed E-state index contributed by atoms with van der Waals surface area (Å²) in [5.74, 6) is 1.67. The largest absolute Gasteiger partial charge is 0.497 e. The molecule has 0 saturated carbocycles. The third-order valence-electron chi connectivity index (χ3n) is 7.22. The molecule has 3 aromatic carbocycles. The minimum Gasteiger partial charge on any atom is -0.497 e. The minimum absolute atomic E-state index is 0.688. The van der Waals surface area contributed by atoms with E-state index in [0.29, 0.717) is 6.61 Å². The Bertz CT molecular complexity index is 1320. The van der Waals surface area contributed by atoms with E-state index in [9.17, 15) is 5.11 Å². The van der Waals surface area contributed by atoms with Crippen molar-refractivity contribution < 1.29 is 14.6 Å². The third kappa shape index (κ3) is 3.50. The molecule has 1 aromatic heterocycles. The highest BCUT2D eigenvalue weighted by Gasteiger charge is 2.45. The molecule has 1 unspecified atom stereocenters. The lowest BCUT2D eigenvalue weighted by Gasteiger charge is -2.27. The van der Waals surface area contributed by atoms with Crippen molar-refractivity contribution in [3.05, 3.63) is 83.4 Å². The monoisotopic (exact) mass is 471 g/mol. The Balaban J connectivity index is 1.33. The molecule has 0 radical (unpaired) electrons. The van der Waals surface area contributed by atoms with Gasteiger partial charge in [0.1, 0.15) is 23.7 Å². The second-order valence-electron chi connectivity index (χ2n) is 9.20. The first-order chi connectivity index (χ1) is 16.7. The van der Waals surface area contributed by atoms with Crippen molar-refractivity contribution >= 4 is 21.4 Å². The van der Waals surface area contributed by atoms with E-state index >= 15 is 0 Å². The third-order valence-corrected chi connectivity index (χ3v) is 8.40. The van der Waals surface area contributed by atoms with Crippen molar-refractivity contribution in [3.63, 3.8) is 0 Å². The standard InChI is InChI=1S/C29H29NO3S/c1-32-22-13-14-24-26(19-22)34-28-23-7-3-4-8-25(23)29(31,27(24)28)20-9-11-21(12-10-20)33-18-17-30-15-5-2-6-16-30/h3-4,7-14,19,31H,2,5-6,15-18H2,1H3. The van der Waals surface area contributed by atoms with E-state index in [2.05, 4.69) is 23.1 Å². The fraction of sp³-hybridized carbons (Fsp3) is 0.310. The summed E-state index contributed by atoms with van der Waals surface area (Å²) in [6, 6.07) is 22.3. The molecule has 1 N–H and O–H groups in total. The fourth-order valence-electron chi connectivity index (χ4n) is 5.45. The number of ether oxygens (including phenoxy) is 2. The van der Waals surface area contributed by atoms with Crippen LogP contribution in [-0.4, -0.2) is 43.4 Å². The molecule has 0 bridgehead atoms. The molecule has 1 saturated heterocycles. The van der Waals surface area contributed by atoms with E-state index in [4.69, 9.17) is 9.47 Å². The summed E-state index contributed by atoms with van der Waals surface area (Å²) < 4.78 is 12.6. The van der Waals surface area contributed by atoms with Gasteiger partial charge in [-0.05, 0) is 67.4 Å². The van der Waals surface area contributed by atoms with Crippen LogP contribution in [0.5, 0.6) is 11.5 Å². The number of likely N-dealkylation sites (tertiary alicyclic amines) is 1. The molecular formula is C29H29NO3S. The van der Waals surface area contributed by atoms with Gasteiger partial charge in [0.2, 0.25) is 0 Å². The van der Waals surface area contributed by atoms with E-state index in [1.54, 1.807) is 18.4 Å². The molecule has 6 rings (SSSR count). The van der Waals surface area contributed by atoms with Gasteiger partial charge in [0, 0.05) is 32.6 Å². The molecule has 0 spiro atoms. The van der Waals surface area contributed by atoms with Crippen LogP contribution in [0.2, 0.25) is 0 Å². The highest BCUT2D eigenvalue weighted by molar-refractivity contribution is 7.22. The molecule has 1 atom stereocenters. The Hall–Kier alpha value is -2.86. The normalized spacial score (nSPS) is 19.7. The van der Waals surface area contributed by atoms with Gasteiger partial charge in [0.25, 0.3) is 0 Å². The van der Waals surface area contributed by atoms with Crippen molar-refractivity contribution in [2.45, 2.75) is 24.9 Å². The number of benzene rings is 3. The first-order valence-corrected chi connectivity index (χ1v) is 12.9. The number of fused-ring (bicyclic) bond motifs is 5. The smallest absolute Gasteiger partial charge is 0.143 e. The highest BCUT2D eigenvalue weighted by Crippen LogP contribution is 2.57. The molecule has 1 fully saturated rings. The summed E-state index contributed by atoms with van der Waals surface area (Å²) >= 11 is 1.71. The van der Waals surface area contributed by atoms with Gasteiger partial charge in [0.15, 0.2) is 0 Å². The first-order valence-electron chi connectivity index (χ1n) is 12.1. The summed E-state index contributed by atoms with van der Waals surface area (Å²) in [4.78, 5) is 3.61. The maximum Gasteiger partial charge on any atom is 0.143 e. The van der Waals surface area contributed by atoms with E-state index in [0.717, 1.165) is 55.3 Å². The van der Waals surface area contributed by atoms with E-state index < -0.39 is 5.60 Å². The van der Waals surface area contributed by atoms with E-state index in [1.165, 1.54) is 32.4 Å². The van der Waals surface area contributed by atoms with Crippen molar-refractivity contribution in [2.75, 3.05) is 33.4 Å². The van der Waals surface area contributed by atoms with Crippen molar-refractivity contribution in [3.8, 4) is 21.9 Å². The average molecular weight is 472 g/mol. The van der Waals surface area contributed by atoms with Gasteiger partial charge < -0.3 is 14.6 Å². The quantitative estimate of drug-likeness (QED) is 0.372. The lowest BCUT2D eigenvalue weighted by Crippen LogP contribution is -2.33. The molecule has 34 heavy (non-hydrogen) atoms. The van der Waals surface area contributed by atoms with Crippen LogP contribution in [0.25, 0.3) is 20.5 Å². The first kappa shape index (κ1) is 21.7. The maximum absolute atomic E-state index is 12.3. The number of piperidine rings is 1. The number of hydrogen-bond donors (Lipinski definition) is 1. The Morgan fingerprint density at radius 2 is 1.71 bits per heavy atom. The van der Waals surface area contributed by atoms with Gasteiger partial charge in [-0.2, -0.15) is 0 Å². The van der Waals surface area contributed by atoms with Gasteiger partial charge in [-0.1, -0.05) is 42.8 Å². The van der Waals surface area contributed by atoms with Crippen LogP contribution >= 0.6 is 11.3 Å². The second kappa shape index (κ2) is 8.73. The van der Waals surface area contributed by atoms with Gasteiger partial charge in [-0.15, -0.1) is 11.3 Å². The highest BCUT2D eigenvalue weighted by atomic mass is 32.1. The molecular weight excluding hydrogens is 442 g/mol. The molecule has 1 aliphatic carbocycles. The average Bonchev–Trinajstić information content (AvgIpc) is 3.39. The minimum atomic E-state index is -1.20. The lowest BCUT2D eigenvalue weighted by molar-refractivity contribution is 0.132. The van der Waals surface area contributed by atoms with Gasteiger partial charge in [0.05, 0.1) is 7.11 Å². The molecule has 5 heteroatoms. The predicted octanol–water partition coefficient (Wildman–Crippen LogP) is 6.04. The lowest BCUT2D eigenvalue weighted by atomic mass is 9.83. The van der Waals surface area contributed by atoms with Crippen LogP contribution in [0.1, 0.15) is 36.0 Å². The fourth-order valence-corrected chi connectivity index (χ4v) is 6.77. The molecule has 4 nitrogen and oxygen atoms in total. The van der Waals surface area contributed by atoms with Crippen LogP contribution in [-0.2, 0) is 5.60 Å². The van der Waals surface area contributed by atoms with E-state index in [-0.39, 0.29) is 0 Å². The Kier molecular flexibility index (Phi) is 5.56. The maximum atomic E-state index is 12.3. The molecule has 2 aliphatic rings. The Morgan fingerprint density at radius 3 is 2.50 bits per heavy atom. The molecule has 4 aromatic rings. The summed E-state index contributed by atoms with van der Waals surface area (Å²) in [6.07, 6.45) is 3.93. The Labute approximate surface area is 204 Å². The molecule has 2 heterocycles. The molecule has 0 amide bonds. The number of hydrogen-bond acceptors (Lipinski definition) is 5.